The summed E-state index contributed by atoms with van der Waals surface area (Å²) in [4.78, 5) is 0.0597. The molecule has 0 amide bonds. The van der Waals surface area contributed by atoms with Crippen LogP contribution in [0.25, 0.3) is 0 Å². The second-order valence-corrected chi connectivity index (χ2v) is 6.79. The number of halogens is 1. The van der Waals surface area contributed by atoms with Crippen LogP contribution in [-0.2, 0) is 14.8 Å². The monoisotopic (exact) mass is 302 g/mol. The molecule has 0 radical (unpaired) electrons. The Morgan fingerprint density at radius 2 is 2.10 bits per heavy atom. The summed E-state index contributed by atoms with van der Waals surface area (Å²) in [5.74, 6) is -0.461. The Balaban J connectivity index is 2.06. The lowest BCUT2D eigenvalue weighted by Gasteiger charge is -2.28. The summed E-state index contributed by atoms with van der Waals surface area (Å²) in [6, 6.07) is 4.77. The van der Waals surface area contributed by atoms with Crippen molar-refractivity contribution in [1.29, 1.82) is 0 Å². The van der Waals surface area contributed by atoms with Crippen molar-refractivity contribution in [3.05, 3.63) is 30.1 Å². The summed E-state index contributed by atoms with van der Waals surface area (Å²) in [6.07, 6.45) is 1.84. The molecule has 1 aliphatic rings. The first kappa shape index (κ1) is 15.4. The Hall–Kier alpha value is -1.02. The van der Waals surface area contributed by atoms with Gasteiger partial charge in [-0.05, 0) is 43.7 Å². The van der Waals surface area contributed by atoms with E-state index in [1.165, 1.54) is 12.1 Å². The van der Waals surface area contributed by atoms with Gasteiger partial charge in [0.1, 0.15) is 5.82 Å². The second-order valence-electron chi connectivity index (χ2n) is 5.02. The smallest absolute Gasteiger partial charge is 0.240 e. The minimum Gasteiger partial charge on any atom is -0.383 e. The van der Waals surface area contributed by atoms with Gasteiger partial charge in [-0.1, -0.05) is 0 Å². The number of methoxy groups -OCH3 is 1. The van der Waals surface area contributed by atoms with Crippen LogP contribution in [0.2, 0.25) is 0 Å². The molecule has 0 saturated carbocycles. The molecule has 2 rings (SSSR count). The highest BCUT2D eigenvalue weighted by Gasteiger charge is 2.34. The van der Waals surface area contributed by atoms with Crippen molar-refractivity contribution in [2.75, 3.05) is 26.8 Å². The fourth-order valence-corrected chi connectivity index (χ4v) is 3.53. The lowest BCUT2D eigenvalue weighted by Crippen LogP contribution is -2.52. The van der Waals surface area contributed by atoms with Crippen LogP contribution < -0.4 is 10.0 Å². The van der Waals surface area contributed by atoms with Gasteiger partial charge in [0.15, 0.2) is 0 Å². The Morgan fingerprint density at radius 3 is 2.65 bits per heavy atom. The molecule has 7 heteroatoms. The molecular weight excluding hydrogens is 283 g/mol. The van der Waals surface area contributed by atoms with Crippen molar-refractivity contribution in [1.82, 2.24) is 10.0 Å². The SMILES string of the molecule is COCC1(CNS(=O)(=O)c2ccc(F)cc2)CCCN1. The molecule has 5 nitrogen and oxygen atoms in total. The maximum atomic E-state index is 12.8. The van der Waals surface area contributed by atoms with E-state index in [2.05, 4.69) is 10.0 Å². The summed E-state index contributed by atoms with van der Waals surface area (Å²) in [5, 5.41) is 3.29. The van der Waals surface area contributed by atoms with Crippen LogP contribution in [-0.4, -0.2) is 40.8 Å². The zero-order valence-electron chi connectivity index (χ0n) is 11.4. The van der Waals surface area contributed by atoms with Crippen LogP contribution in [0.1, 0.15) is 12.8 Å². The summed E-state index contributed by atoms with van der Waals surface area (Å²) in [7, 11) is -2.04. The standard InChI is InChI=1S/C13H19FN2O3S/c1-19-10-13(7-2-8-15-13)9-16-20(17,18)12-5-3-11(14)4-6-12/h3-6,15-16H,2,7-10H2,1H3. The van der Waals surface area contributed by atoms with E-state index in [1.54, 1.807) is 7.11 Å². The molecule has 1 aromatic carbocycles. The quantitative estimate of drug-likeness (QED) is 0.818. The van der Waals surface area contributed by atoms with E-state index in [-0.39, 0.29) is 17.0 Å². The number of sulfonamides is 1. The van der Waals surface area contributed by atoms with Gasteiger partial charge in [0.25, 0.3) is 0 Å². The number of hydrogen-bond acceptors (Lipinski definition) is 4. The fraction of sp³-hybridized carbons (Fsp3) is 0.538. The first-order chi connectivity index (χ1) is 9.47. The van der Waals surface area contributed by atoms with E-state index in [1.807, 2.05) is 0 Å². The molecule has 0 aliphatic carbocycles. The lowest BCUT2D eigenvalue weighted by atomic mass is 9.99. The molecule has 1 saturated heterocycles. The van der Waals surface area contributed by atoms with E-state index in [0.29, 0.717) is 6.61 Å². The highest BCUT2D eigenvalue weighted by molar-refractivity contribution is 7.89. The Morgan fingerprint density at radius 1 is 1.40 bits per heavy atom. The van der Waals surface area contributed by atoms with Crippen molar-refractivity contribution in [3.63, 3.8) is 0 Å². The molecule has 20 heavy (non-hydrogen) atoms. The van der Waals surface area contributed by atoms with Gasteiger partial charge in [-0.3, -0.25) is 0 Å². The predicted octanol–water partition coefficient (Wildman–Crippen LogP) is 0.873. The van der Waals surface area contributed by atoms with Gasteiger partial charge in [0, 0.05) is 13.7 Å². The van der Waals surface area contributed by atoms with Crippen molar-refractivity contribution in [3.8, 4) is 0 Å². The fourth-order valence-electron chi connectivity index (χ4n) is 2.40. The van der Waals surface area contributed by atoms with E-state index in [4.69, 9.17) is 4.74 Å². The minimum absolute atomic E-state index is 0.0597. The third kappa shape index (κ3) is 3.54. The van der Waals surface area contributed by atoms with Gasteiger partial charge in [0.2, 0.25) is 10.0 Å². The first-order valence-electron chi connectivity index (χ1n) is 6.47. The topological polar surface area (TPSA) is 67.4 Å². The Kier molecular flexibility index (Phi) is 4.74. The number of ether oxygens (including phenoxy) is 1. The van der Waals surface area contributed by atoms with Crippen molar-refractivity contribution in [2.24, 2.45) is 0 Å². The summed E-state index contributed by atoms with van der Waals surface area (Å²) in [5.41, 5.74) is -0.359. The molecule has 0 spiro atoms. The average molecular weight is 302 g/mol. The number of rotatable bonds is 6. The molecule has 0 bridgehead atoms. The largest absolute Gasteiger partial charge is 0.383 e. The zero-order valence-corrected chi connectivity index (χ0v) is 12.2. The number of nitrogens with one attached hydrogen (secondary N) is 2. The van der Waals surface area contributed by atoms with Gasteiger partial charge < -0.3 is 10.1 Å². The molecule has 1 aliphatic heterocycles. The van der Waals surface area contributed by atoms with Crippen LogP contribution in [0.4, 0.5) is 4.39 Å². The van der Waals surface area contributed by atoms with Crippen molar-refractivity contribution < 1.29 is 17.5 Å². The van der Waals surface area contributed by atoms with Gasteiger partial charge >= 0.3 is 0 Å². The number of benzene rings is 1. The van der Waals surface area contributed by atoms with E-state index in [0.717, 1.165) is 31.5 Å². The second kappa shape index (κ2) is 6.17. The first-order valence-corrected chi connectivity index (χ1v) is 7.95. The highest BCUT2D eigenvalue weighted by atomic mass is 32.2. The van der Waals surface area contributed by atoms with Crippen LogP contribution in [0.3, 0.4) is 0 Å². The van der Waals surface area contributed by atoms with Crippen LogP contribution >= 0.6 is 0 Å². The molecule has 0 aromatic heterocycles. The third-order valence-electron chi connectivity index (χ3n) is 3.48. The maximum Gasteiger partial charge on any atom is 0.240 e. The van der Waals surface area contributed by atoms with E-state index in [9.17, 15) is 12.8 Å². The van der Waals surface area contributed by atoms with Crippen LogP contribution in [0, 0.1) is 5.82 Å². The van der Waals surface area contributed by atoms with E-state index >= 15 is 0 Å². The van der Waals surface area contributed by atoms with Gasteiger partial charge in [-0.15, -0.1) is 0 Å². The summed E-state index contributed by atoms with van der Waals surface area (Å²) >= 11 is 0. The molecule has 2 N–H and O–H groups in total. The molecule has 1 unspecified atom stereocenters. The van der Waals surface area contributed by atoms with Crippen LogP contribution in [0.15, 0.2) is 29.2 Å². The predicted molar refractivity (Wildman–Crippen MR) is 73.4 cm³/mol. The van der Waals surface area contributed by atoms with Crippen molar-refractivity contribution >= 4 is 10.0 Å². The van der Waals surface area contributed by atoms with Gasteiger partial charge in [0.05, 0.1) is 17.0 Å². The third-order valence-corrected chi connectivity index (χ3v) is 4.89. The molecule has 112 valence electrons. The molecule has 1 heterocycles. The van der Waals surface area contributed by atoms with Crippen LogP contribution in [0.5, 0.6) is 0 Å². The highest BCUT2D eigenvalue weighted by Crippen LogP contribution is 2.20. The van der Waals surface area contributed by atoms with Gasteiger partial charge in [-0.25, -0.2) is 17.5 Å². The van der Waals surface area contributed by atoms with Gasteiger partial charge in [-0.2, -0.15) is 0 Å². The molecule has 1 fully saturated rings. The number of hydrogen-bond donors (Lipinski definition) is 2. The summed E-state index contributed by atoms with van der Waals surface area (Å²) < 4.78 is 44.9. The maximum absolute atomic E-state index is 12.8. The Bertz CT molecular complexity index is 539. The normalized spacial score (nSPS) is 23.1. The average Bonchev–Trinajstić information content (AvgIpc) is 2.87. The molecule has 1 atom stereocenters. The molecular formula is C13H19FN2O3S. The molecule has 1 aromatic rings. The summed E-state index contributed by atoms with van der Waals surface area (Å²) in [6.45, 7) is 1.54. The Labute approximate surface area is 118 Å². The van der Waals surface area contributed by atoms with Crippen molar-refractivity contribution in [2.45, 2.75) is 23.3 Å². The lowest BCUT2D eigenvalue weighted by molar-refractivity contribution is 0.122. The zero-order chi connectivity index (χ0) is 14.6. The minimum atomic E-state index is -3.63. The van der Waals surface area contributed by atoms with E-state index < -0.39 is 15.8 Å².